The largest absolute Gasteiger partial charge is 0.370 e. The van der Waals surface area contributed by atoms with E-state index in [1.165, 1.54) is 6.42 Å². The van der Waals surface area contributed by atoms with E-state index in [-0.39, 0.29) is 0 Å². The van der Waals surface area contributed by atoms with Gasteiger partial charge in [-0.2, -0.15) is 0 Å². The third-order valence-corrected chi connectivity index (χ3v) is 3.08. The van der Waals surface area contributed by atoms with E-state index >= 15 is 0 Å². The van der Waals surface area contributed by atoms with Crippen molar-refractivity contribution in [1.82, 2.24) is 14.8 Å². The van der Waals surface area contributed by atoms with E-state index in [2.05, 4.69) is 60.2 Å². The number of nitrogens with one attached hydrogen (secondary N) is 1. The minimum atomic E-state index is 0.913. The zero-order chi connectivity index (χ0) is 14.1. The average Bonchev–Trinajstić information content (AvgIpc) is 2.38. The lowest BCUT2D eigenvalue weighted by molar-refractivity contribution is 0.257. The molecule has 0 saturated heterocycles. The highest BCUT2D eigenvalue weighted by molar-refractivity contribution is 5.34. The Labute approximate surface area is 117 Å². The minimum Gasteiger partial charge on any atom is -0.370 e. The fraction of sp³-hybridized carbons (Fsp3) is 0.667. The second-order valence-corrected chi connectivity index (χ2v) is 5.07. The van der Waals surface area contributed by atoms with E-state index < -0.39 is 0 Å². The Bertz CT molecular complexity index is 352. The summed E-state index contributed by atoms with van der Waals surface area (Å²) in [6, 6.07) is 6.21. The Balaban J connectivity index is 2.47. The first-order chi connectivity index (χ1) is 9.15. The molecule has 0 aliphatic carbocycles. The summed E-state index contributed by atoms with van der Waals surface area (Å²) < 4.78 is 0. The van der Waals surface area contributed by atoms with Crippen LogP contribution < -0.4 is 5.32 Å². The maximum atomic E-state index is 4.63. The van der Waals surface area contributed by atoms with Gasteiger partial charge in [0.1, 0.15) is 5.82 Å². The average molecular weight is 264 g/mol. The van der Waals surface area contributed by atoms with Crippen LogP contribution >= 0.6 is 0 Å². The molecule has 1 heterocycles. The summed E-state index contributed by atoms with van der Waals surface area (Å²) in [5.74, 6) is 0.976. The quantitative estimate of drug-likeness (QED) is 0.741. The highest BCUT2D eigenvalue weighted by atomic mass is 15.1. The first-order valence-electron chi connectivity index (χ1n) is 7.22. The summed E-state index contributed by atoms with van der Waals surface area (Å²) in [6.45, 7) is 9.49. The molecule has 0 atom stereocenters. The van der Waals surface area contributed by atoms with Crippen LogP contribution in [-0.4, -0.2) is 55.1 Å². The smallest absolute Gasteiger partial charge is 0.126 e. The van der Waals surface area contributed by atoms with Crippen molar-refractivity contribution in [3.63, 3.8) is 0 Å². The van der Waals surface area contributed by atoms with Gasteiger partial charge in [0.2, 0.25) is 0 Å². The predicted octanol–water partition coefficient (Wildman–Crippen LogP) is 2.29. The first kappa shape index (κ1) is 15.9. The van der Waals surface area contributed by atoms with E-state index in [1.54, 1.807) is 0 Å². The highest BCUT2D eigenvalue weighted by Crippen LogP contribution is 2.07. The number of anilines is 1. The molecule has 0 fully saturated rings. The van der Waals surface area contributed by atoms with Gasteiger partial charge in [-0.3, -0.25) is 4.90 Å². The van der Waals surface area contributed by atoms with Gasteiger partial charge in [0.25, 0.3) is 0 Å². The standard InChI is InChI=1S/C15H28N4/c1-5-16-15-10-7-9-14(17-15)13-19(6-2)12-8-11-18(3)4/h7,9-10H,5-6,8,11-13H2,1-4H3,(H,16,17). The molecule has 1 rings (SSSR count). The lowest BCUT2D eigenvalue weighted by Gasteiger charge is -2.21. The van der Waals surface area contributed by atoms with E-state index in [9.17, 15) is 0 Å². The van der Waals surface area contributed by atoms with Gasteiger partial charge >= 0.3 is 0 Å². The second kappa shape index (κ2) is 8.88. The van der Waals surface area contributed by atoms with Crippen LogP contribution in [0.2, 0.25) is 0 Å². The molecule has 19 heavy (non-hydrogen) atoms. The first-order valence-corrected chi connectivity index (χ1v) is 7.22. The zero-order valence-corrected chi connectivity index (χ0v) is 12.8. The SMILES string of the molecule is CCNc1cccc(CN(CC)CCCN(C)C)n1. The molecule has 4 heteroatoms. The van der Waals surface area contributed by atoms with Gasteiger partial charge in [-0.05, 0) is 59.2 Å². The molecule has 0 aromatic carbocycles. The van der Waals surface area contributed by atoms with Crippen LogP contribution in [0.25, 0.3) is 0 Å². The summed E-state index contributed by atoms with van der Waals surface area (Å²) in [5.41, 5.74) is 1.14. The summed E-state index contributed by atoms with van der Waals surface area (Å²) >= 11 is 0. The van der Waals surface area contributed by atoms with Crippen molar-refractivity contribution in [2.24, 2.45) is 0 Å². The molecule has 1 aromatic rings. The molecule has 0 unspecified atom stereocenters. The van der Waals surface area contributed by atoms with Crippen LogP contribution in [0.15, 0.2) is 18.2 Å². The molecule has 0 amide bonds. The van der Waals surface area contributed by atoms with E-state index in [4.69, 9.17) is 0 Å². The Morgan fingerprint density at radius 2 is 1.95 bits per heavy atom. The molecule has 0 aliphatic heterocycles. The fourth-order valence-electron chi connectivity index (χ4n) is 2.04. The molecular weight excluding hydrogens is 236 g/mol. The molecular formula is C15H28N4. The van der Waals surface area contributed by atoms with Crippen molar-refractivity contribution in [2.75, 3.05) is 45.6 Å². The molecule has 0 bridgehead atoms. The van der Waals surface area contributed by atoms with Crippen LogP contribution in [-0.2, 0) is 6.54 Å². The Kier molecular flexibility index (Phi) is 7.45. The Morgan fingerprint density at radius 3 is 2.58 bits per heavy atom. The van der Waals surface area contributed by atoms with E-state index in [0.29, 0.717) is 0 Å². The van der Waals surface area contributed by atoms with Crippen LogP contribution in [0, 0.1) is 0 Å². The van der Waals surface area contributed by atoms with Gasteiger partial charge in [-0.25, -0.2) is 4.98 Å². The van der Waals surface area contributed by atoms with Crippen molar-refractivity contribution < 1.29 is 0 Å². The normalized spacial score (nSPS) is 11.3. The maximum absolute atomic E-state index is 4.63. The summed E-state index contributed by atoms with van der Waals surface area (Å²) in [5, 5.41) is 3.26. The third-order valence-electron chi connectivity index (χ3n) is 3.08. The molecule has 1 aromatic heterocycles. The maximum Gasteiger partial charge on any atom is 0.126 e. The Morgan fingerprint density at radius 1 is 1.16 bits per heavy atom. The number of pyridine rings is 1. The lowest BCUT2D eigenvalue weighted by atomic mass is 10.3. The van der Waals surface area contributed by atoms with E-state index in [1.807, 2.05) is 6.07 Å². The Hall–Kier alpha value is -1.13. The van der Waals surface area contributed by atoms with E-state index in [0.717, 1.165) is 44.2 Å². The zero-order valence-electron chi connectivity index (χ0n) is 12.8. The summed E-state index contributed by atoms with van der Waals surface area (Å²) in [6.07, 6.45) is 1.20. The van der Waals surface area contributed by atoms with Gasteiger partial charge in [0, 0.05) is 13.1 Å². The molecule has 4 nitrogen and oxygen atoms in total. The van der Waals surface area contributed by atoms with Gasteiger partial charge in [-0.15, -0.1) is 0 Å². The monoisotopic (exact) mass is 264 g/mol. The van der Waals surface area contributed by atoms with Crippen LogP contribution in [0.3, 0.4) is 0 Å². The van der Waals surface area contributed by atoms with Gasteiger partial charge < -0.3 is 10.2 Å². The van der Waals surface area contributed by atoms with Crippen LogP contribution in [0.5, 0.6) is 0 Å². The summed E-state index contributed by atoms with van der Waals surface area (Å²) in [4.78, 5) is 9.31. The number of nitrogens with zero attached hydrogens (tertiary/aromatic N) is 3. The number of hydrogen-bond donors (Lipinski definition) is 1. The van der Waals surface area contributed by atoms with Crippen molar-refractivity contribution in [2.45, 2.75) is 26.8 Å². The van der Waals surface area contributed by atoms with Crippen LogP contribution in [0.1, 0.15) is 26.0 Å². The van der Waals surface area contributed by atoms with Crippen molar-refractivity contribution >= 4 is 5.82 Å². The van der Waals surface area contributed by atoms with Crippen molar-refractivity contribution in [3.8, 4) is 0 Å². The lowest BCUT2D eigenvalue weighted by Crippen LogP contribution is -2.27. The second-order valence-electron chi connectivity index (χ2n) is 5.07. The van der Waals surface area contributed by atoms with Crippen molar-refractivity contribution in [1.29, 1.82) is 0 Å². The summed E-state index contributed by atoms with van der Waals surface area (Å²) in [7, 11) is 4.25. The molecule has 0 saturated carbocycles. The minimum absolute atomic E-state index is 0.913. The van der Waals surface area contributed by atoms with Crippen molar-refractivity contribution in [3.05, 3.63) is 23.9 Å². The number of aromatic nitrogens is 1. The number of hydrogen-bond acceptors (Lipinski definition) is 4. The fourth-order valence-corrected chi connectivity index (χ4v) is 2.04. The topological polar surface area (TPSA) is 31.4 Å². The van der Waals surface area contributed by atoms with Gasteiger partial charge in [-0.1, -0.05) is 13.0 Å². The van der Waals surface area contributed by atoms with Gasteiger partial charge in [0.15, 0.2) is 0 Å². The third kappa shape index (κ3) is 6.55. The number of rotatable bonds is 9. The predicted molar refractivity (Wildman–Crippen MR) is 82.5 cm³/mol. The van der Waals surface area contributed by atoms with Gasteiger partial charge in [0.05, 0.1) is 5.69 Å². The highest BCUT2D eigenvalue weighted by Gasteiger charge is 2.05. The molecule has 0 radical (unpaired) electrons. The molecule has 1 N–H and O–H groups in total. The molecule has 0 spiro atoms. The molecule has 0 aliphatic rings. The molecule has 108 valence electrons. The van der Waals surface area contributed by atoms with Crippen LogP contribution in [0.4, 0.5) is 5.82 Å².